The van der Waals surface area contributed by atoms with Crippen LogP contribution < -0.4 is 5.32 Å². The van der Waals surface area contributed by atoms with Crippen molar-refractivity contribution in [2.24, 2.45) is 0 Å². The molecule has 0 aromatic carbocycles. The minimum absolute atomic E-state index is 0.451. The van der Waals surface area contributed by atoms with Crippen LogP contribution in [0.15, 0.2) is 22.9 Å². The Morgan fingerprint density at radius 3 is 3.06 bits per heavy atom. The van der Waals surface area contributed by atoms with Gasteiger partial charge in [0, 0.05) is 22.8 Å². The molecule has 2 aromatic heterocycles. The molecule has 0 amide bonds. The highest BCUT2D eigenvalue weighted by atomic mass is 32.1. The Balaban J connectivity index is 1.93. The molecule has 5 heteroatoms. The number of hydrogen-bond donors (Lipinski definition) is 1. The zero-order valence-corrected chi connectivity index (χ0v) is 10.9. The monoisotopic (exact) mass is 253 g/mol. The quantitative estimate of drug-likeness (QED) is 0.859. The van der Waals surface area contributed by atoms with Gasteiger partial charge in [0.25, 0.3) is 0 Å². The van der Waals surface area contributed by atoms with Crippen LogP contribution in [0.1, 0.15) is 36.4 Å². The maximum Gasteiger partial charge on any atom is 0.0893 e. The van der Waals surface area contributed by atoms with Gasteiger partial charge in [0.05, 0.1) is 5.69 Å². The molecule has 1 N–H and O–H groups in total. The molecule has 3 nitrogen and oxygen atoms in total. The molecule has 0 aliphatic heterocycles. The summed E-state index contributed by atoms with van der Waals surface area (Å²) >= 11 is 3.22. The molecule has 0 radical (unpaired) electrons. The molecular formula is C11H15N3S2. The van der Waals surface area contributed by atoms with E-state index in [1.54, 1.807) is 0 Å². The van der Waals surface area contributed by atoms with Crippen LogP contribution in [0.25, 0.3) is 0 Å². The third-order valence-corrected chi connectivity index (χ3v) is 3.94. The van der Waals surface area contributed by atoms with Gasteiger partial charge in [-0.2, -0.15) is 0 Å². The Morgan fingerprint density at radius 1 is 1.50 bits per heavy atom. The van der Waals surface area contributed by atoms with E-state index in [0.717, 1.165) is 18.7 Å². The number of nitrogens with zero attached hydrogens (tertiary/aromatic N) is 2. The summed E-state index contributed by atoms with van der Waals surface area (Å²) in [4.78, 5) is 1.41. The van der Waals surface area contributed by atoms with Gasteiger partial charge in [-0.3, -0.25) is 0 Å². The van der Waals surface area contributed by atoms with Crippen molar-refractivity contribution in [2.75, 3.05) is 0 Å². The molecule has 86 valence electrons. The van der Waals surface area contributed by atoms with E-state index in [0.29, 0.717) is 6.04 Å². The number of hydrogen-bond acceptors (Lipinski definition) is 5. The predicted molar refractivity (Wildman–Crippen MR) is 68.7 cm³/mol. The van der Waals surface area contributed by atoms with Crippen LogP contribution in [0.4, 0.5) is 0 Å². The summed E-state index contributed by atoms with van der Waals surface area (Å²) in [5, 5.41) is 11.7. The highest BCUT2D eigenvalue weighted by Crippen LogP contribution is 2.23. The summed E-state index contributed by atoms with van der Waals surface area (Å²) in [6, 6.07) is 4.75. The lowest BCUT2D eigenvalue weighted by molar-refractivity contribution is 0.496. The molecule has 0 saturated heterocycles. The van der Waals surface area contributed by atoms with Crippen molar-refractivity contribution in [1.82, 2.24) is 14.9 Å². The van der Waals surface area contributed by atoms with Crippen LogP contribution in [0.3, 0.4) is 0 Å². The van der Waals surface area contributed by atoms with Gasteiger partial charge in [-0.15, -0.1) is 16.4 Å². The highest BCUT2D eigenvalue weighted by Gasteiger charge is 2.11. The van der Waals surface area contributed by atoms with Crippen LogP contribution in [0, 0.1) is 0 Å². The molecule has 0 aliphatic carbocycles. The Bertz CT molecular complexity index is 383. The molecule has 16 heavy (non-hydrogen) atoms. The van der Waals surface area contributed by atoms with E-state index < -0.39 is 0 Å². The molecule has 2 heterocycles. The van der Waals surface area contributed by atoms with Crippen molar-refractivity contribution in [3.8, 4) is 0 Å². The molecule has 1 atom stereocenters. The first-order chi connectivity index (χ1) is 7.90. The maximum atomic E-state index is 4.04. The van der Waals surface area contributed by atoms with Crippen LogP contribution in [-0.4, -0.2) is 9.59 Å². The van der Waals surface area contributed by atoms with Crippen LogP contribution >= 0.6 is 22.9 Å². The fourth-order valence-corrected chi connectivity index (χ4v) is 2.90. The number of nitrogens with one attached hydrogen (secondary N) is 1. The minimum atomic E-state index is 0.451. The third-order valence-electron chi connectivity index (χ3n) is 2.40. The van der Waals surface area contributed by atoms with E-state index >= 15 is 0 Å². The van der Waals surface area contributed by atoms with E-state index in [-0.39, 0.29) is 0 Å². The second-order valence-electron chi connectivity index (χ2n) is 3.63. The van der Waals surface area contributed by atoms with Gasteiger partial charge in [-0.05, 0) is 29.4 Å². The first-order valence-corrected chi connectivity index (χ1v) is 7.14. The molecule has 0 aliphatic rings. The van der Waals surface area contributed by atoms with Crippen molar-refractivity contribution in [3.63, 3.8) is 0 Å². The first-order valence-electron chi connectivity index (χ1n) is 5.43. The molecule has 1 unspecified atom stereocenters. The van der Waals surface area contributed by atoms with Crippen LogP contribution in [0.5, 0.6) is 0 Å². The van der Waals surface area contributed by atoms with E-state index in [9.17, 15) is 0 Å². The zero-order chi connectivity index (χ0) is 11.2. The lowest BCUT2D eigenvalue weighted by Crippen LogP contribution is -2.20. The van der Waals surface area contributed by atoms with Gasteiger partial charge in [-0.25, -0.2) is 0 Å². The van der Waals surface area contributed by atoms with Gasteiger partial charge in [0.15, 0.2) is 0 Å². The molecule has 0 bridgehead atoms. The third kappa shape index (κ3) is 3.10. The Hall–Kier alpha value is -0.780. The molecule has 0 fully saturated rings. The van der Waals surface area contributed by atoms with Crippen LogP contribution in [0.2, 0.25) is 0 Å². The van der Waals surface area contributed by atoms with Crippen molar-refractivity contribution < 1.29 is 0 Å². The average molecular weight is 253 g/mol. The second kappa shape index (κ2) is 6.08. The number of thiophene rings is 1. The fraction of sp³-hybridized carbons (Fsp3) is 0.455. The lowest BCUT2D eigenvalue weighted by atomic mass is 10.1. The zero-order valence-electron chi connectivity index (χ0n) is 9.22. The standard InChI is InChI=1S/C11H15N3S2/c1-2-4-10(11-5-3-6-15-11)12-7-9-8-16-14-13-9/h3,5-6,8,10,12H,2,4,7H2,1H3. The van der Waals surface area contributed by atoms with E-state index in [1.165, 1.54) is 22.8 Å². The predicted octanol–water partition coefficient (Wildman–Crippen LogP) is 3.23. The van der Waals surface area contributed by atoms with Gasteiger partial charge in [-0.1, -0.05) is 23.9 Å². The summed E-state index contributed by atoms with van der Waals surface area (Å²) in [6.45, 7) is 3.02. The van der Waals surface area contributed by atoms with Gasteiger partial charge < -0.3 is 5.32 Å². The average Bonchev–Trinajstić information content (AvgIpc) is 2.96. The summed E-state index contributed by atoms with van der Waals surface area (Å²) in [7, 11) is 0. The van der Waals surface area contributed by atoms with Gasteiger partial charge in [0.2, 0.25) is 0 Å². The van der Waals surface area contributed by atoms with E-state index in [2.05, 4.69) is 39.3 Å². The van der Waals surface area contributed by atoms with Crippen LogP contribution in [-0.2, 0) is 6.54 Å². The molecule has 2 rings (SSSR count). The Kier molecular flexibility index (Phi) is 4.44. The number of rotatable bonds is 6. The molecule has 0 spiro atoms. The molecule has 0 saturated carbocycles. The van der Waals surface area contributed by atoms with Crippen molar-refractivity contribution in [1.29, 1.82) is 0 Å². The first kappa shape index (κ1) is 11.7. The summed E-state index contributed by atoms with van der Waals surface area (Å²) in [5.74, 6) is 0. The van der Waals surface area contributed by atoms with Gasteiger partial charge in [0.1, 0.15) is 0 Å². The van der Waals surface area contributed by atoms with Gasteiger partial charge >= 0.3 is 0 Å². The summed E-state index contributed by atoms with van der Waals surface area (Å²) in [5.41, 5.74) is 1.03. The fourth-order valence-electron chi connectivity index (χ4n) is 1.61. The van der Waals surface area contributed by atoms with Crippen molar-refractivity contribution in [2.45, 2.75) is 32.4 Å². The smallest absolute Gasteiger partial charge is 0.0893 e. The Morgan fingerprint density at radius 2 is 2.44 bits per heavy atom. The van der Waals surface area contributed by atoms with Crippen molar-refractivity contribution >= 4 is 22.9 Å². The lowest BCUT2D eigenvalue weighted by Gasteiger charge is -2.15. The minimum Gasteiger partial charge on any atom is -0.303 e. The maximum absolute atomic E-state index is 4.04. The summed E-state index contributed by atoms with van der Waals surface area (Å²) in [6.07, 6.45) is 2.35. The topological polar surface area (TPSA) is 37.8 Å². The molecular weight excluding hydrogens is 238 g/mol. The highest BCUT2D eigenvalue weighted by molar-refractivity contribution is 7.10. The van der Waals surface area contributed by atoms with Crippen molar-refractivity contribution in [3.05, 3.63) is 33.5 Å². The molecule has 2 aromatic rings. The van der Waals surface area contributed by atoms with E-state index in [4.69, 9.17) is 0 Å². The number of aromatic nitrogens is 2. The Labute approximate surface area is 104 Å². The SMILES string of the molecule is CCCC(NCc1csnn1)c1cccs1. The largest absolute Gasteiger partial charge is 0.303 e. The summed E-state index contributed by atoms with van der Waals surface area (Å²) < 4.78 is 3.86. The second-order valence-corrected chi connectivity index (χ2v) is 5.22. The van der Waals surface area contributed by atoms with E-state index in [1.807, 2.05) is 16.7 Å². The normalized spacial score (nSPS) is 12.8.